The van der Waals surface area contributed by atoms with E-state index in [9.17, 15) is 19.5 Å². The maximum atomic E-state index is 16.3. The van der Waals surface area contributed by atoms with Crippen molar-refractivity contribution < 1.29 is 23.9 Å². The Hall–Kier alpha value is -4.84. The minimum absolute atomic E-state index is 0.0712. The van der Waals surface area contributed by atoms with Crippen molar-refractivity contribution in [2.24, 2.45) is 7.05 Å². The Morgan fingerprint density at radius 3 is 2.63 bits per heavy atom. The lowest BCUT2D eigenvalue weighted by Crippen LogP contribution is -2.54. The summed E-state index contributed by atoms with van der Waals surface area (Å²) in [7, 11) is 1.87. The Kier molecular flexibility index (Phi) is 11.4. The van der Waals surface area contributed by atoms with E-state index in [0.717, 1.165) is 85.3 Å². The molecule has 62 heavy (non-hydrogen) atoms. The number of aliphatic hydroxyl groups is 1. The van der Waals surface area contributed by atoms with E-state index in [0.29, 0.717) is 43.4 Å². The molecule has 330 valence electrons. The molecule has 4 aromatic rings. The van der Waals surface area contributed by atoms with Crippen molar-refractivity contribution in [1.82, 2.24) is 34.3 Å². The number of nitrogens with zero attached hydrogens (tertiary/aromatic N) is 8. The van der Waals surface area contributed by atoms with E-state index in [4.69, 9.17) is 4.98 Å². The first kappa shape index (κ1) is 42.5. The summed E-state index contributed by atoms with van der Waals surface area (Å²) in [6, 6.07) is 14.9. The number of aromatic nitrogens is 4. The number of aryl methyl sites for hydroxylation is 1. The number of hydrogen-bond donors (Lipinski definition) is 4. The molecule has 3 aliphatic heterocycles. The van der Waals surface area contributed by atoms with Gasteiger partial charge in [0.25, 0.3) is 0 Å². The molecule has 2 saturated heterocycles. The topological polar surface area (TPSA) is 164 Å². The van der Waals surface area contributed by atoms with E-state index in [2.05, 4.69) is 83.5 Å². The van der Waals surface area contributed by atoms with Crippen molar-refractivity contribution in [1.29, 1.82) is 0 Å². The van der Waals surface area contributed by atoms with Gasteiger partial charge in [0.15, 0.2) is 5.82 Å². The quantitative estimate of drug-likeness (QED) is 0.0779. The lowest BCUT2D eigenvalue weighted by atomic mass is 9.82. The van der Waals surface area contributed by atoms with Crippen LogP contribution in [0.2, 0.25) is 0 Å². The molecule has 0 radical (unpaired) electrons. The number of carbonyl (C=O) groups excluding carboxylic acids is 3. The number of halogens is 1. The minimum Gasteiger partial charge on any atom is -0.390 e. The summed E-state index contributed by atoms with van der Waals surface area (Å²) in [5, 5.41) is 25.0. The van der Waals surface area contributed by atoms with Crippen molar-refractivity contribution in [3.8, 4) is 0 Å². The van der Waals surface area contributed by atoms with Gasteiger partial charge in [-0.2, -0.15) is 10.1 Å². The van der Waals surface area contributed by atoms with Crippen molar-refractivity contribution in [2.45, 2.75) is 112 Å². The zero-order chi connectivity index (χ0) is 43.4. The van der Waals surface area contributed by atoms with Crippen molar-refractivity contribution >= 4 is 64.3 Å². The van der Waals surface area contributed by atoms with Crippen LogP contribution in [0.3, 0.4) is 0 Å². The number of alkyl halides is 1. The predicted molar refractivity (Wildman–Crippen MR) is 239 cm³/mol. The number of rotatable bonds is 13. The number of carbonyl (C=O) groups is 3. The predicted octanol–water partition coefficient (Wildman–Crippen LogP) is 5.31. The molecule has 4 N–H and O–H groups in total. The number of anilines is 4. The minimum atomic E-state index is -1.19. The third-order valence-corrected chi connectivity index (χ3v) is 15.0. The largest absolute Gasteiger partial charge is 0.390 e. The fraction of sp³-hybridized carbons (Fsp3) is 0.556. The maximum absolute atomic E-state index is 16.3. The number of benzene rings is 2. The maximum Gasteiger partial charge on any atom is 0.239 e. The molecule has 5 heterocycles. The van der Waals surface area contributed by atoms with Crippen LogP contribution in [0.25, 0.3) is 10.9 Å². The van der Waals surface area contributed by atoms with Gasteiger partial charge in [-0.15, -0.1) is 0 Å². The molecule has 15 nitrogen and oxygen atoms in total. The molecular formula is C45H58FN11O4S. The summed E-state index contributed by atoms with van der Waals surface area (Å²) < 4.78 is 20.2. The van der Waals surface area contributed by atoms with Crippen LogP contribution in [-0.2, 0) is 26.8 Å². The van der Waals surface area contributed by atoms with Gasteiger partial charge in [-0.3, -0.25) is 28.9 Å². The molecule has 5 aliphatic rings. The molecular weight excluding hydrogens is 810 g/mol. The Labute approximate surface area is 366 Å². The Bertz CT molecular complexity index is 2350. The fourth-order valence-corrected chi connectivity index (χ4v) is 11.0. The number of fused-ring (bicyclic) bond motifs is 3. The molecule has 5 atom stereocenters. The zero-order valence-electron chi connectivity index (χ0n) is 36.1. The Morgan fingerprint density at radius 2 is 1.89 bits per heavy atom. The van der Waals surface area contributed by atoms with Crippen LogP contribution in [0.1, 0.15) is 89.3 Å². The summed E-state index contributed by atoms with van der Waals surface area (Å²) in [6.45, 7) is 10.7. The molecule has 1 spiro atoms. The van der Waals surface area contributed by atoms with Crippen LogP contribution in [0.15, 0.2) is 53.6 Å². The molecule has 17 heteroatoms. The van der Waals surface area contributed by atoms with Crippen LogP contribution in [0.5, 0.6) is 0 Å². The molecule has 2 unspecified atom stereocenters. The molecule has 3 amide bonds. The number of nitrogens with one attached hydrogen (secondary N) is 3. The number of amides is 3. The first-order chi connectivity index (χ1) is 29.8. The molecule has 2 saturated carbocycles. The average molecular weight is 868 g/mol. The van der Waals surface area contributed by atoms with Crippen molar-refractivity contribution in [2.75, 3.05) is 66.2 Å². The van der Waals surface area contributed by atoms with Gasteiger partial charge in [-0.1, -0.05) is 12.1 Å². The van der Waals surface area contributed by atoms with E-state index in [1.54, 1.807) is 22.8 Å². The van der Waals surface area contributed by atoms with Crippen LogP contribution in [0.4, 0.5) is 27.7 Å². The lowest BCUT2D eigenvalue weighted by molar-refractivity contribution is -0.121. The van der Waals surface area contributed by atoms with Gasteiger partial charge in [0.05, 0.1) is 22.1 Å². The van der Waals surface area contributed by atoms with Crippen LogP contribution < -0.4 is 25.8 Å². The number of hydrogen-bond acceptors (Lipinski definition) is 12. The third kappa shape index (κ3) is 8.24. The summed E-state index contributed by atoms with van der Waals surface area (Å²) in [5.41, 5.74) is 1.89. The van der Waals surface area contributed by atoms with Crippen molar-refractivity contribution in [3.05, 3.63) is 59.8 Å². The second-order valence-electron chi connectivity index (χ2n) is 18.5. The molecule has 2 aromatic carbocycles. The summed E-state index contributed by atoms with van der Waals surface area (Å²) >= 11 is 1.60. The molecule has 9 rings (SSSR count). The standard InChI is InChI=1S/C45H58FN11O4S/c1-29(54-19-21-55(22-20-54)31-10-11-34-36(24-31)53(4)52-39(34)49-38(59)12-17-47-28-58)30-7-5-9-33(23-30)62-56-18-16-44(3,37(46)27-56)51-42-48-26-35-40(50-42)57(41(60)45(35)14-15-45)32-8-6-13-43(2,61)25-32/h5,7,9-11,23-24,26,28-29,32,37,61H,6,8,12-22,25,27H2,1-4H3,(H,47,58)(H,48,50,51)(H,49,52,59)/t29-,32?,37?,43-,44-/m0/s1. The SMILES string of the molecule is C[C@@H](c1cccc(SN2CC[C@](C)(Nc3ncc4c(n3)N(C3CCC[C@](C)(O)C3)C(=O)C43CC3)C(F)C2)c1)N1CCN(c2ccc3c(NC(=O)CCNC=O)nn(C)c3c2)CC1. The highest BCUT2D eigenvalue weighted by atomic mass is 32.2. The van der Waals surface area contributed by atoms with E-state index < -0.39 is 22.7 Å². The van der Waals surface area contributed by atoms with Crippen LogP contribution >= 0.6 is 11.9 Å². The second kappa shape index (κ2) is 16.7. The molecule has 4 fully saturated rings. The highest BCUT2D eigenvalue weighted by Crippen LogP contribution is 2.58. The van der Waals surface area contributed by atoms with Crippen molar-refractivity contribution in [3.63, 3.8) is 0 Å². The average Bonchev–Trinajstić information content (AvgIpc) is 3.95. The normalized spacial score (nSPS) is 26.7. The van der Waals surface area contributed by atoms with E-state index >= 15 is 4.39 Å². The smallest absolute Gasteiger partial charge is 0.239 e. The second-order valence-corrected chi connectivity index (χ2v) is 19.7. The van der Waals surface area contributed by atoms with Gasteiger partial charge in [0, 0.05) is 99.1 Å². The highest BCUT2D eigenvalue weighted by Gasteiger charge is 2.62. The monoisotopic (exact) mass is 867 g/mol. The van der Waals surface area contributed by atoms with Gasteiger partial charge in [-0.05, 0) is 114 Å². The molecule has 2 aliphatic carbocycles. The third-order valence-electron chi connectivity index (χ3n) is 14.0. The van der Waals surface area contributed by atoms with Crippen LogP contribution in [-0.4, -0.2) is 121 Å². The number of piperidine rings is 1. The lowest BCUT2D eigenvalue weighted by Gasteiger charge is -2.42. The Morgan fingerprint density at radius 1 is 1.08 bits per heavy atom. The van der Waals surface area contributed by atoms with E-state index in [1.807, 2.05) is 31.9 Å². The van der Waals surface area contributed by atoms with Crippen LogP contribution in [0, 0.1) is 0 Å². The van der Waals surface area contributed by atoms with Gasteiger partial charge >= 0.3 is 0 Å². The van der Waals surface area contributed by atoms with Gasteiger partial charge in [0.2, 0.25) is 24.2 Å². The first-order valence-electron chi connectivity index (χ1n) is 22.1. The molecule has 0 bridgehead atoms. The fourth-order valence-electron chi connectivity index (χ4n) is 9.99. The zero-order valence-corrected chi connectivity index (χ0v) is 36.9. The van der Waals surface area contributed by atoms with Gasteiger partial charge < -0.3 is 26.0 Å². The van der Waals surface area contributed by atoms with E-state index in [1.165, 1.54) is 5.56 Å². The Balaban J connectivity index is 0.791. The van der Waals surface area contributed by atoms with E-state index in [-0.39, 0.29) is 43.4 Å². The highest BCUT2D eigenvalue weighted by molar-refractivity contribution is 7.97. The summed E-state index contributed by atoms with van der Waals surface area (Å²) in [6.07, 6.45) is 6.37. The first-order valence-corrected chi connectivity index (χ1v) is 22.8. The number of piperazine rings is 1. The molecule has 2 aromatic heterocycles. The van der Waals surface area contributed by atoms with Gasteiger partial charge in [-0.25, -0.2) is 13.7 Å². The summed E-state index contributed by atoms with van der Waals surface area (Å²) in [4.78, 5) is 54.1. The summed E-state index contributed by atoms with van der Waals surface area (Å²) in [5.74, 6) is 1.34. The van der Waals surface area contributed by atoms with Gasteiger partial charge in [0.1, 0.15) is 12.0 Å².